The summed E-state index contributed by atoms with van der Waals surface area (Å²) in [7, 11) is 4.33. The molecule has 2 heteroatoms. The number of hydrogen-bond donors (Lipinski definition) is 0. The molecule has 2 fully saturated rings. The minimum Gasteiger partial charge on any atom is -0.308 e. The molecule has 28 heavy (non-hydrogen) atoms. The van der Waals surface area contributed by atoms with E-state index in [2.05, 4.69) is 51.6 Å². The third-order valence-corrected chi connectivity index (χ3v) is 5.16. The van der Waals surface area contributed by atoms with Gasteiger partial charge in [0.25, 0.3) is 0 Å². The molecule has 0 amide bonds. The molecule has 1 heterocycles. The van der Waals surface area contributed by atoms with Gasteiger partial charge in [-0.1, -0.05) is 89.5 Å². The van der Waals surface area contributed by atoms with E-state index in [-0.39, 0.29) is 0 Å². The number of likely N-dealkylation sites (tertiary alicyclic amines) is 1. The van der Waals surface area contributed by atoms with Crippen LogP contribution in [0.3, 0.4) is 0 Å². The summed E-state index contributed by atoms with van der Waals surface area (Å²) < 4.78 is 0. The summed E-state index contributed by atoms with van der Waals surface area (Å²) in [5.74, 6) is 1.90. The van der Waals surface area contributed by atoms with E-state index in [0.717, 1.165) is 17.3 Å². The zero-order chi connectivity index (χ0) is 23.2. The quantitative estimate of drug-likeness (QED) is 0.467. The second kappa shape index (κ2) is 25.0. The Morgan fingerprint density at radius 2 is 1.21 bits per heavy atom. The number of hydrogen-bond acceptors (Lipinski definition) is 2. The van der Waals surface area contributed by atoms with Gasteiger partial charge in [-0.05, 0) is 70.1 Å². The van der Waals surface area contributed by atoms with Crippen LogP contribution in [0.25, 0.3) is 0 Å². The summed E-state index contributed by atoms with van der Waals surface area (Å²) >= 11 is 0. The number of likely N-dealkylation sites (N-methyl/N-ethyl adjacent to an activating group) is 1. The van der Waals surface area contributed by atoms with Gasteiger partial charge >= 0.3 is 0 Å². The van der Waals surface area contributed by atoms with E-state index >= 15 is 0 Å². The summed E-state index contributed by atoms with van der Waals surface area (Å²) in [6.07, 6.45) is 7.25. The van der Waals surface area contributed by atoms with Crippen molar-refractivity contribution < 1.29 is 0 Å². The van der Waals surface area contributed by atoms with Gasteiger partial charge in [-0.15, -0.1) is 0 Å². The molecule has 176 valence electrons. The molecule has 1 aliphatic heterocycles. The fourth-order valence-electron chi connectivity index (χ4n) is 3.42. The van der Waals surface area contributed by atoms with Crippen molar-refractivity contribution in [3.8, 4) is 0 Å². The van der Waals surface area contributed by atoms with E-state index in [4.69, 9.17) is 0 Å². The highest BCUT2D eigenvalue weighted by molar-refractivity contribution is 4.95. The van der Waals surface area contributed by atoms with Gasteiger partial charge in [0.1, 0.15) is 0 Å². The van der Waals surface area contributed by atoms with Crippen LogP contribution in [-0.2, 0) is 0 Å². The highest BCUT2D eigenvalue weighted by atomic mass is 15.2. The lowest BCUT2D eigenvalue weighted by atomic mass is 9.58. The zero-order valence-electron chi connectivity index (χ0n) is 22.9. The Bertz CT molecular complexity index is 245. The molecule has 0 radical (unpaired) electrons. The Morgan fingerprint density at radius 1 is 0.857 bits per heavy atom. The lowest BCUT2D eigenvalue weighted by molar-refractivity contribution is -0.00681. The van der Waals surface area contributed by atoms with Crippen molar-refractivity contribution in [1.82, 2.24) is 9.80 Å². The fraction of sp³-hybridized carbons (Fsp3) is 1.00. The number of nitrogens with zero attached hydrogens (tertiary/aromatic N) is 2. The predicted octanol–water partition coefficient (Wildman–Crippen LogP) is 8.22. The average Bonchev–Trinajstić information content (AvgIpc) is 2.73. The molecule has 0 aromatic rings. The molecule has 0 bridgehead atoms. The lowest BCUT2D eigenvalue weighted by Crippen LogP contribution is -2.47. The van der Waals surface area contributed by atoms with Crippen molar-refractivity contribution in [3.05, 3.63) is 0 Å². The fourth-order valence-corrected chi connectivity index (χ4v) is 3.42. The molecule has 0 unspecified atom stereocenters. The number of piperidine rings is 1. The second-order valence-corrected chi connectivity index (χ2v) is 7.96. The van der Waals surface area contributed by atoms with E-state index in [1.165, 1.54) is 58.3 Å². The third-order valence-electron chi connectivity index (χ3n) is 5.16. The maximum atomic E-state index is 2.65. The van der Waals surface area contributed by atoms with Crippen molar-refractivity contribution in [2.75, 3.05) is 40.3 Å². The van der Waals surface area contributed by atoms with E-state index < -0.39 is 0 Å². The maximum Gasteiger partial charge on any atom is 0.0109 e. The minimum absolute atomic E-state index is 0.786. The van der Waals surface area contributed by atoms with E-state index in [0.29, 0.717) is 0 Å². The van der Waals surface area contributed by atoms with Crippen LogP contribution in [0, 0.1) is 17.3 Å². The van der Waals surface area contributed by atoms with Gasteiger partial charge in [-0.2, -0.15) is 0 Å². The first kappa shape index (κ1) is 35.4. The first-order valence-corrected chi connectivity index (χ1v) is 12.7. The van der Waals surface area contributed by atoms with Gasteiger partial charge in [0, 0.05) is 13.1 Å². The van der Waals surface area contributed by atoms with Gasteiger partial charge in [-0.3, -0.25) is 0 Å². The Kier molecular flexibility index (Phi) is 31.5. The van der Waals surface area contributed by atoms with E-state index in [1.54, 1.807) is 0 Å². The van der Waals surface area contributed by atoms with Crippen molar-refractivity contribution in [3.63, 3.8) is 0 Å². The Labute approximate surface area is 182 Å². The lowest BCUT2D eigenvalue weighted by Gasteiger charge is -2.51. The average molecular weight is 403 g/mol. The second-order valence-electron chi connectivity index (χ2n) is 7.96. The Morgan fingerprint density at radius 3 is 1.46 bits per heavy atom. The van der Waals surface area contributed by atoms with Gasteiger partial charge in [-0.25, -0.2) is 0 Å². The topological polar surface area (TPSA) is 6.48 Å². The zero-order valence-corrected chi connectivity index (χ0v) is 22.9. The molecule has 0 aromatic carbocycles. The Balaban J connectivity index is -0.000000187. The van der Waals surface area contributed by atoms with Gasteiger partial charge in [0.2, 0.25) is 0 Å². The van der Waals surface area contributed by atoms with Crippen molar-refractivity contribution in [2.24, 2.45) is 17.3 Å². The van der Waals surface area contributed by atoms with Gasteiger partial charge < -0.3 is 9.80 Å². The van der Waals surface area contributed by atoms with E-state index in [1.807, 2.05) is 55.4 Å². The van der Waals surface area contributed by atoms with Gasteiger partial charge in [0.05, 0.1) is 0 Å². The maximum absolute atomic E-state index is 2.65. The minimum atomic E-state index is 0.786. The normalized spacial score (nSPS) is 17.1. The molecule has 0 atom stereocenters. The van der Waals surface area contributed by atoms with Crippen LogP contribution in [0.2, 0.25) is 0 Å². The molecule has 0 aromatic heterocycles. The van der Waals surface area contributed by atoms with Crippen molar-refractivity contribution >= 4 is 0 Å². The molecule has 1 saturated carbocycles. The molecule has 1 aliphatic carbocycles. The third kappa shape index (κ3) is 19.2. The van der Waals surface area contributed by atoms with Crippen molar-refractivity contribution in [1.29, 1.82) is 0 Å². The SMILES string of the molecule is CC.CC.CC.CC.CC1CC2(CCN(CCN(C)C)CC2)C1.CCC(C)C. The molecular weight excluding hydrogens is 340 g/mol. The summed E-state index contributed by atoms with van der Waals surface area (Å²) in [6.45, 7) is 30.2. The van der Waals surface area contributed by atoms with E-state index in [9.17, 15) is 0 Å². The first-order chi connectivity index (χ1) is 13.4. The summed E-state index contributed by atoms with van der Waals surface area (Å²) in [5.41, 5.74) is 0.786. The van der Waals surface area contributed by atoms with Crippen LogP contribution in [0.5, 0.6) is 0 Å². The molecule has 2 rings (SSSR count). The smallest absolute Gasteiger partial charge is 0.0109 e. The first-order valence-electron chi connectivity index (χ1n) is 12.7. The molecule has 1 saturated heterocycles. The molecule has 1 spiro atoms. The van der Waals surface area contributed by atoms with Crippen LogP contribution < -0.4 is 0 Å². The standard InChI is InChI=1S/C13H26N2.C5H12.4C2H6/c1-12-10-13(11-12)4-6-15(7-5-13)9-8-14(2)3;1-4-5(2)3;4*1-2/h12H,4-11H2,1-3H3;5H,4H2,1-3H3;4*1-2H3. The monoisotopic (exact) mass is 402 g/mol. The molecule has 0 N–H and O–H groups in total. The summed E-state index contributed by atoms with van der Waals surface area (Å²) in [5, 5.41) is 0. The van der Waals surface area contributed by atoms with Crippen LogP contribution in [0.15, 0.2) is 0 Å². The van der Waals surface area contributed by atoms with Crippen LogP contribution in [0.4, 0.5) is 0 Å². The summed E-state index contributed by atoms with van der Waals surface area (Å²) in [4.78, 5) is 4.93. The number of rotatable bonds is 4. The van der Waals surface area contributed by atoms with Crippen LogP contribution in [-0.4, -0.2) is 50.1 Å². The highest BCUT2D eigenvalue weighted by Gasteiger charge is 2.43. The summed E-state index contributed by atoms with van der Waals surface area (Å²) in [6, 6.07) is 0. The van der Waals surface area contributed by atoms with Crippen LogP contribution in [0.1, 0.15) is 115 Å². The molecular formula is C26H62N2. The largest absolute Gasteiger partial charge is 0.308 e. The molecule has 2 nitrogen and oxygen atoms in total. The van der Waals surface area contributed by atoms with Crippen molar-refractivity contribution in [2.45, 2.75) is 115 Å². The highest BCUT2D eigenvalue weighted by Crippen LogP contribution is 2.52. The predicted molar refractivity (Wildman–Crippen MR) is 136 cm³/mol. The van der Waals surface area contributed by atoms with Crippen LogP contribution >= 0.6 is 0 Å². The molecule has 2 aliphatic rings. The van der Waals surface area contributed by atoms with Gasteiger partial charge in [0.15, 0.2) is 0 Å². The Hall–Kier alpha value is -0.0800.